The van der Waals surface area contributed by atoms with Gasteiger partial charge in [0.25, 0.3) is 0 Å². The van der Waals surface area contributed by atoms with Crippen LogP contribution in [0, 0.1) is 0 Å². The lowest BCUT2D eigenvalue weighted by Gasteiger charge is -2.14. The summed E-state index contributed by atoms with van der Waals surface area (Å²) in [6.45, 7) is 0. The molecule has 0 spiro atoms. The molecule has 0 N–H and O–H groups in total. The van der Waals surface area contributed by atoms with Crippen LogP contribution in [0.1, 0.15) is 0 Å². The van der Waals surface area contributed by atoms with Crippen molar-refractivity contribution in [1.82, 2.24) is 19.1 Å². The Morgan fingerprint density at radius 3 is 1.15 bits per heavy atom. The van der Waals surface area contributed by atoms with E-state index in [1.54, 1.807) is 0 Å². The largest absolute Gasteiger partial charge is 0.292 e. The van der Waals surface area contributed by atoms with Gasteiger partial charge in [0.05, 0.1) is 33.5 Å². The summed E-state index contributed by atoms with van der Waals surface area (Å²) >= 11 is 0. The van der Waals surface area contributed by atoms with Crippen molar-refractivity contribution < 1.29 is 0 Å². The maximum atomic E-state index is 5.42. The fourth-order valence-electron chi connectivity index (χ4n) is 8.27. The Bertz CT molecular complexity index is 2970. The van der Waals surface area contributed by atoms with E-state index in [-0.39, 0.29) is 0 Å². The van der Waals surface area contributed by atoms with Crippen LogP contribution in [0.5, 0.6) is 0 Å². The van der Waals surface area contributed by atoms with Crippen LogP contribution in [0.15, 0.2) is 182 Å². The molecule has 52 heavy (non-hydrogen) atoms. The highest BCUT2D eigenvalue weighted by atomic mass is 15.1. The number of nitrogens with zero attached hydrogens (tertiary/aromatic N) is 4. The standard InChI is InChI=1S/C48H30N4/c1-3-17-33-31(13-1)15-9-21-35(33)41-23-11-27-45(49-41)51-43-25-7-5-19-37(43)39-29-30-40-38-20-6-8-26-44(38)52(48(40)47(39)51)46-28-12-24-42(50-46)36-22-10-16-32-14-2-4-18-34(32)36/h1-30H. The first-order valence-electron chi connectivity index (χ1n) is 17.7. The molecule has 0 unspecified atom stereocenters. The van der Waals surface area contributed by atoms with Gasteiger partial charge in [0.15, 0.2) is 0 Å². The highest BCUT2D eigenvalue weighted by Crippen LogP contribution is 2.42. The van der Waals surface area contributed by atoms with E-state index in [1.807, 2.05) is 0 Å². The van der Waals surface area contributed by atoms with Gasteiger partial charge in [0.2, 0.25) is 0 Å². The van der Waals surface area contributed by atoms with E-state index >= 15 is 0 Å². The second-order valence-electron chi connectivity index (χ2n) is 13.4. The molecule has 0 bridgehead atoms. The van der Waals surface area contributed by atoms with Gasteiger partial charge in [-0.05, 0) is 57.9 Å². The average Bonchev–Trinajstić information content (AvgIpc) is 3.74. The molecule has 0 saturated carbocycles. The summed E-state index contributed by atoms with van der Waals surface area (Å²) in [6.07, 6.45) is 0. The maximum Gasteiger partial charge on any atom is 0.138 e. The Balaban J connectivity index is 1.23. The van der Waals surface area contributed by atoms with Gasteiger partial charge in [-0.2, -0.15) is 0 Å². The molecule has 4 heteroatoms. The number of aromatic nitrogens is 4. The number of pyridine rings is 2. The zero-order valence-electron chi connectivity index (χ0n) is 28.1. The fraction of sp³-hybridized carbons (Fsp3) is 0. The molecule has 0 amide bonds. The van der Waals surface area contributed by atoms with Gasteiger partial charge in [0.1, 0.15) is 11.6 Å². The monoisotopic (exact) mass is 662 g/mol. The van der Waals surface area contributed by atoms with Crippen LogP contribution in [0.2, 0.25) is 0 Å². The van der Waals surface area contributed by atoms with Gasteiger partial charge in [-0.15, -0.1) is 0 Å². The fourth-order valence-corrected chi connectivity index (χ4v) is 8.27. The number of fused-ring (bicyclic) bond motifs is 9. The zero-order valence-corrected chi connectivity index (χ0v) is 28.1. The minimum Gasteiger partial charge on any atom is -0.292 e. The van der Waals surface area contributed by atoms with Gasteiger partial charge >= 0.3 is 0 Å². The van der Waals surface area contributed by atoms with Crippen molar-refractivity contribution in [2.24, 2.45) is 0 Å². The molecule has 0 radical (unpaired) electrons. The minimum absolute atomic E-state index is 0.874. The van der Waals surface area contributed by atoms with Crippen LogP contribution < -0.4 is 0 Å². The van der Waals surface area contributed by atoms with Crippen LogP contribution in [-0.2, 0) is 0 Å². The predicted octanol–water partition coefficient (Wildman–Crippen LogP) is 12.3. The molecule has 0 saturated heterocycles. The Morgan fingerprint density at radius 2 is 0.673 bits per heavy atom. The smallest absolute Gasteiger partial charge is 0.138 e. The van der Waals surface area contributed by atoms with Crippen molar-refractivity contribution in [3.8, 4) is 34.2 Å². The van der Waals surface area contributed by atoms with Gasteiger partial charge < -0.3 is 0 Å². The summed E-state index contributed by atoms with van der Waals surface area (Å²) in [5, 5.41) is 9.51. The van der Waals surface area contributed by atoms with Crippen LogP contribution in [0.25, 0.3) is 99.3 Å². The average molecular weight is 663 g/mol. The lowest BCUT2D eigenvalue weighted by atomic mass is 10.0. The molecule has 242 valence electrons. The van der Waals surface area contributed by atoms with E-state index in [0.717, 1.165) is 56.2 Å². The van der Waals surface area contributed by atoms with Gasteiger partial charge in [0, 0.05) is 32.7 Å². The number of hydrogen-bond acceptors (Lipinski definition) is 2. The third kappa shape index (κ3) is 4.21. The Hall–Kier alpha value is -7.04. The van der Waals surface area contributed by atoms with Crippen molar-refractivity contribution in [1.29, 1.82) is 0 Å². The van der Waals surface area contributed by atoms with Gasteiger partial charge in [-0.3, -0.25) is 9.13 Å². The van der Waals surface area contributed by atoms with Crippen molar-refractivity contribution >= 4 is 65.2 Å². The third-order valence-corrected chi connectivity index (χ3v) is 10.5. The first-order valence-corrected chi connectivity index (χ1v) is 17.7. The summed E-state index contributed by atoms with van der Waals surface area (Å²) in [6, 6.07) is 64.6. The van der Waals surface area contributed by atoms with E-state index < -0.39 is 0 Å². The van der Waals surface area contributed by atoms with Crippen LogP contribution >= 0.6 is 0 Å². The quantitative estimate of drug-likeness (QED) is 0.188. The Morgan fingerprint density at radius 1 is 0.288 bits per heavy atom. The molecule has 4 heterocycles. The van der Waals surface area contributed by atoms with E-state index in [0.29, 0.717) is 0 Å². The maximum absolute atomic E-state index is 5.42. The third-order valence-electron chi connectivity index (χ3n) is 10.5. The van der Waals surface area contributed by atoms with E-state index in [2.05, 4.69) is 191 Å². The normalized spacial score (nSPS) is 11.8. The summed E-state index contributed by atoms with van der Waals surface area (Å²) in [5.74, 6) is 1.75. The first kappa shape index (κ1) is 28.8. The second-order valence-corrected chi connectivity index (χ2v) is 13.4. The molecule has 0 aliphatic carbocycles. The molecule has 0 fully saturated rings. The molecule has 0 atom stereocenters. The molecule has 0 aliphatic heterocycles. The van der Waals surface area contributed by atoms with Crippen molar-refractivity contribution in [2.45, 2.75) is 0 Å². The molecule has 7 aromatic carbocycles. The van der Waals surface area contributed by atoms with Crippen LogP contribution in [-0.4, -0.2) is 19.1 Å². The summed E-state index contributed by atoms with van der Waals surface area (Å²) in [5.41, 5.74) is 8.56. The molecule has 11 rings (SSSR count). The van der Waals surface area contributed by atoms with E-state index in [1.165, 1.54) is 43.1 Å². The Kier molecular flexibility index (Phi) is 6.22. The lowest BCUT2D eigenvalue weighted by Crippen LogP contribution is -2.02. The molecular weight excluding hydrogens is 633 g/mol. The summed E-state index contributed by atoms with van der Waals surface area (Å²) < 4.78 is 4.71. The Labute approximate surface area is 299 Å². The molecule has 0 aliphatic rings. The molecular formula is C48H30N4. The molecule has 4 nitrogen and oxygen atoms in total. The van der Waals surface area contributed by atoms with Crippen molar-refractivity contribution in [3.05, 3.63) is 182 Å². The highest BCUT2D eigenvalue weighted by Gasteiger charge is 2.22. The van der Waals surface area contributed by atoms with E-state index in [9.17, 15) is 0 Å². The number of hydrogen-bond donors (Lipinski definition) is 0. The number of rotatable bonds is 4. The second kappa shape index (κ2) is 11.2. The number of benzene rings is 7. The summed E-state index contributed by atoms with van der Waals surface area (Å²) in [4.78, 5) is 10.8. The lowest BCUT2D eigenvalue weighted by molar-refractivity contribution is 1.06. The molecule has 11 aromatic rings. The van der Waals surface area contributed by atoms with Gasteiger partial charge in [-0.25, -0.2) is 9.97 Å². The van der Waals surface area contributed by atoms with E-state index in [4.69, 9.17) is 9.97 Å². The molecule has 4 aromatic heterocycles. The minimum atomic E-state index is 0.874. The van der Waals surface area contributed by atoms with Crippen LogP contribution in [0.4, 0.5) is 0 Å². The topological polar surface area (TPSA) is 35.6 Å². The summed E-state index contributed by atoms with van der Waals surface area (Å²) in [7, 11) is 0. The van der Waals surface area contributed by atoms with Crippen LogP contribution in [0.3, 0.4) is 0 Å². The SMILES string of the molecule is c1cc(-c2cccc3ccccc23)nc(-n2c3ccccc3c3ccc4c5ccccc5n(-c5cccc(-c6cccc7ccccc67)n5)c4c32)c1. The van der Waals surface area contributed by atoms with Gasteiger partial charge in [-0.1, -0.05) is 146 Å². The first-order chi connectivity index (χ1) is 25.8. The van der Waals surface area contributed by atoms with Crippen molar-refractivity contribution in [2.75, 3.05) is 0 Å². The number of para-hydroxylation sites is 2. The predicted molar refractivity (Wildman–Crippen MR) is 217 cm³/mol. The van der Waals surface area contributed by atoms with Crippen molar-refractivity contribution in [3.63, 3.8) is 0 Å². The highest BCUT2D eigenvalue weighted by molar-refractivity contribution is 6.23. The zero-order chi connectivity index (χ0) is 34.2.